The van der Waals surface area contributed by atoms with Crippen LogP contribution in [0.3, 0.4) is 0 Å². The van der Waals surface area contributed by atoms with Crippen molar-refractivity contribution in [2.45, 2.75) is 25.0 Å². The second kappa shape index (κ2) is 5.73. The predicted molar refractivity (Wildman–Crippen MR) is 77.5 cm³/mol. The zero-order chi connectivity index (χ0) is 15.0. The number of aliphatic hydroxyl groups excluding tert-OH is 1. The number of amides is 1. The first-order valence-electron chi connectivity index (χ1n) is 7.47. The van der Waals surface area contributed by atoms with Gasteiger partial charge < -0.3 is 10.0 Å². The number of likely N-dealkylation sites (tertiary alicyclic amines) is 1. The number of halogens is 1. The van der Waals surface area contributed by atoms with Crippen LogP contribution in [0.4, 0.5) is 4.39 Å². The minimum absolute atomic E-state index is 0.0621. The van der Waals surface area contributed by atoms with Crippen molar-refractivity contribution in [3.05, 3.63) is 35.6 Å². The fourth-order valence-corrected chi connectivity index (χ4v) is 2.97. The molecule has 114 valence electrons. The van der Waals surface area contributed by atoms with Crippen molar-refractivity contribution in [3.63, 3.8) is 0 Å². The van der Waals surface area contributed by atoms with E-state index in [1.807, 2.05) is 7.05 Å². The molecule has 1 heterocycles. The van der Waals surface area contributed by atoms with E-state index in [1.54, 1.807) is 4.90 Å². The van der Waals surface area contributed by atoms with Crippen LogP contribution in [0, 0.1) is 11.7 Å². The molecule has 1 aromatic carbocycles. The summed E-state index contributed by atoms with van der Waals surface area (Å²) in [7, 11) is 1.82. The molecule has 2 aliphatic rings. The van der Waals surface area contributed by atoms with Crippen molar-refractivity contribution >= 4 is 5.91 Å². The molecule has 1 saturated carbocycles. The number of nitrogens with zero attached hydrogens (tertiary/aromatic N) is 2. The van der Waals surface area contributed by atoms with Gasteiger partial charge in [0.05, 0.1) is 6.10 Å². The molecule has 1 aliphatic carbocycles. The first kappa shape index (κ1) is 14.5. The van der Waals surface area contributed by atoms with Crippen LogP contribution in [-0.2, 0) is 0 Å². The average molecular weight is 292 g/mol. The minimum Gasteiger partial charge on any atom is -0.390 e. The molecule has 1 atom stereocenters. The van der Waals surface area contributed by atoms with Crippen LogP contribution >= 0.6 is 0 Å². The van der Waals surface area contributed by atoms with Crippen molar-refractivity contribution in [2.75, 3.05) is 26.7 Å². The van der Waals surface area contributed by atoms with Gasteiger partial charge in [-0.25, -0.2) is 4.39 Å². The lowest BCUT2D eigenvalue weighted by Gasteiger charge is -2.40. The zero-order valence-electron chi connectivity index (χ0n) is 12.2. The monoisotopic (exact) mass is 292 g/mol. The molecule has 1 N–H and O–H groups in total. The van der Waals surface area contributed by atoms with Gasteiger partial charge >= 0.3 is 0 Å². The summed E-state index contributed by atoms with van der Waals surface area (Å²) in [5.74, 6) is 0.160. The Morgan fingerprint density at radius 3 is 2.52 bits per heavy atom. The van der Waals surface area contributed by atoms with Gasteiger partial charge in [0.1, 0.15) is 5.82 Å². The summed E-state index contributed by atoms with van der Waals surface area (Å²) in [6.45, 7) is 2.20. The van der Waals surface area contributed by atoms with Crippen LogP contribution in [0.15, 0.2) is 24.3 Å². The molecular formula is C16H21FN2O2. The highest BCUT2D eigenvalue weighted by atomic mass is 19.1. The molecule has 0 radical (unpaired) electrons. The number of carbonyl (C=O) groups excluding carboxylic acids is 1. The van der Waals surface area contributed by atoms with Crippen molar-refractivity contribution in [3.8, 4) is 0 Å². The number of carbonyl (C=O) groups is 1. The molecule has 0 unspecified atom stereocenters. The lowest BCUT2D eigenvalue weighted by molar-refractivity contribution is -0.0127. The van der Waals surface area contributed by atoms with Crippen LogP contribution < -0.4 is 0 Å². The zero-order valence-corrected chi connectivity index (χ0v) is 12.2. The van der Waals surface area contributed by atoms with Gasteiger partial charge in [0.2, 0.25) is 0 Å². The third-order valence-corrected chi connectivity index (χ3v) is 4.46. The Morgan fingerprint density at radius 2 is 2.00 bits per heavy atom. The van der Waals surface area contributed by atoms with E-state index in [4.69, 9.17) is 0 Å². The van der Waals surface area contributed by atoms with Gasteiger partial charge in [-0.15, -0.1) is 0 Å². The van der Waals surface area contributed by atoms with Crippen molar-refractivity contribution in [1.29, 1.82) is 0 Å². The van der Waals surface area contributed by atoms with E-state index in [1.165, 1.54) is 24.3 Å². The van der Waals surface area contributed by atoms with Gasteiger partial charge in [-0.1, -0.05) is 0 Å². The summed E-state index contributed by atoms with van der Waals surface area (Å²) in [5.41, 5.74) is 0.521. The second-order valence-electron chi connectivity index (χ2n) is 6.20. The van der Waals surface area contributed by atoms with Gasteiger partial charge in [-0.2, -0.15) is 0 Å². The molecule has 2 fully saturated rings. The number of hydrogen-bond donors (Lipinski definition) is 1. The van der Waals surface area contributed by atoms with Crippen molar-refractivity contribution < 1.29 is 14.3 Å². The molecule has 1 aliphatic heterocycles. The van der Waals surface area contributed by atoms with Crippen LogP contribution in [0.2, 0.25) is 0 Å². The molecule has 1 saturated heterocycles. The predicted octanol–water partition coefficient (Wildman–Crippen LogP) is 1.35. The molecule has 0 spiro atoms. The normalized spacial score (nSPS) is 20.9. The smallest absolute Gasteiger partial charge is 0.253 e. The van der Waals surface area contributed by atoms with Gasteiger partial charge in [0, 0.05) is 38.3 Å². The standard InChI is InChI=1S/C16H21FN2O2/c1-18(16(21)12-4-6-13(17)7-5-12)15(11-2-3-11)10-19-8-14(20)9-19/h4-7,11,14-15,20H,2-3,8-10H2,1H3/t15-/m1/s1. The summed E-state index contributed by atoms with van der Waals surface area (Å²) in [4.78, 5) is 16.5. The number of β-amino-alcohol motifs (C(OH)–C–C–N with tert-alkyl or cyclic N) is 1. The molecule has 21 heavy (non-hydrogen) atoms. The van der Waals surface area contributed by atoms with Crippen molar-refractivity contribution in [2.24, 2.45) is 5.92 Å². The Bertz CT molecular complexity index is 510. The summed E-state index contributed by atoms with van der Waals surface area (Å²) in [5, 5.41) is 9.38. The van der Waals surface area contributed by atoms with Crippen LogP contribution in [0.25, 0.3) is 0 Å². The fraction of sp³-hybridized carbons (Fsp3) is 0.562. The maximum atomic E-state index is 13.0. The van der Waals surface area contributed by atoms with Gasteiger partial charge in [-0.3, -0.25) is 9.69 Å². The molecule has 1 aromatic rings. The summed E-state index contributed by atoms with van der Waals surface area (Å²) in [6, 6.07) is 5.88. The first-order chi connectivity index (χ1) is 10.0. The Balaban J connectivity index is 1.66. The number of likely N-dealkylation sites (N-methyl/N-ethyl adjacent to an activating group) is 1. The Kier molecular flexibility index (Phi) is 3.95. The molecular weight excluding hydrogens is 271 g/mol. The van der Waals surface area contributed by atoms with E-state index < -0.39 is 0 Å². The number of rotatable bonds is 5. The molecule has 1 amide bonds. The van der Waals surface area contributed by atoms with Crippen LogP contribution in [-0.4, -0.2) is 59.6 Å². The first-order valence-corrected chi connectivity index (χ1v) is 7.47. The summed E-state index contributed by atoms with van der Waals surface area (Å²) < 4.78 is 13.0. The van der Waals surface area contributed by atoms with Crippen molar-refractivity contribution in [1.82, 2.24) is 9.80 Å². The molecule has 4 nitrogen and oxygen atoms in total. The summed E-state index contributed by atoms with van der Waals surface area (Å²) >= 11 is 0. The highest BCUT2D eigenvalue weighted by Gasteiger charge is 2.39. The topological polar surface area (TPSA) is 43.8 Å². The van der Waals surface area contributed by atoms with E-state index in [2.05, 4.69) is 4.90 Å². The average Bonchev–Trinajstić information content (AvgIpc) is 3.26. The Morgan fingerprint density at radius 1 is 1.38 bits per heavy atom. The van der Waals surface area contributed by atoms with Crippen LogP contribution in [0.1, 0.15) is 23.2 Å². The van der Waals surface area contributed by atoms with E-state index in [-0.39, 0.29) is 23.9 Å². The van der Waals surface area contributed by atoms with Gasteiger partial charge in [0.15, 0.2) is 0 Å². The number of benzene rings is 1. The highest BCUT2D eigenvalue weighted by molar-refractivity contribution is 5.94. The third-order valence-electron chi connectivity index (χ3n) is 4.46. The minimum atomic E-state index is -0.331. The molecule has 3 rings (SSSR count). The quantitative estimate of drug-likeness (QED) is 0.891. The SMILES string of the molecule is CN(C(=O)c1ccc(F)cc1)[C@H](CN1CC(O)C1)C1CC1. The van der Waals surface area contributed by atoms with E-state index >= 15 is 0 Å². The number of hydrogen-bond acceptors (Lipinski definition) is 3. The van der Waals surface area contributed by atoms with E-state index in [9.17, 15) is 14.3 Å². The largest absolute Gasteiger partial charge is 0.390 e. The lowest BCUT2D eigenvalue weighted by atomic mass is 10.1. The molecule has 0 aromatic heterocycles. The lowest BCUT2D eigenvalue weighted by Crippen LogP contribution is -2.56. The highest BCUT2D eigenvalue weighted by Crippen LogP contribution is 2.36. The second-order valence-corrected chi connectivity index (χ2v) is 6.20. The maximum Gasteiger partial charge on any atom is 0.253 e. The van der Waals surface area contributed by atoms with Gasteiger partial charge in [0.25, 0.3) is 5.91 Å². The fourth-order valence-electron chi connectivity index (χ4n) is 2.97. The van der Waals surface area contributed by atoms with E-state index in [0.29, 0.717) is 24.6 Å². The molecule has 0 bridgehead atoms. The summed E-state index contributed by atoms with van der Waals surface area (Å²) in [6.07, 6.45) is 2.09. The van der Waals surface area contributed by atoms with E-state index in [0.717, 1.165) is 19.4 Å². The molecule has 5 heteroatoms. The Labute approximate surface area is 124 Å². The van der Waals surface area contributed by atoms with Crippen LogP contribution in [0.5, 0.6) is 0 Å². The Hall–Kier alpha value is -1.46. The maximum absolute atomic E-state index is 13.0. The third kappa shape index (κ3) is 3.24. The van der Waals surface area contributed by atoms with Gasteiger partial charge in [-0.05, 0) is 43.0 Å². The number of aliphatic hydroxyl groups is 1.